The summed E-state index contributed by atoms with van der Waals surface area (Å²) in [4.78, 5) is 25.4. The van der Waals surface area contributed by atoms with E-state index in [0.29, 0.717) is 52.2 Å². The second-order valence-electron chi connectivity index (χ2n) is 13.0. The van der Waals surface area contributed by atoms with Gasteiger partial charge in [-0.1, -0.05) is 12.1 Å². The van der Waals surface area contributed by atoms with Crippen LogP contribution in [-0.2, 0) is 24.4 Å². The van der Waals surface area contributed by atoms with Crippen LogP contribution in [0.25, 0.3) is 21.9 Å². The fourth-order valence-corrected chi connectivity index (χ4v) is 6.78. The van der Waals surface area contributed by atoms with E-state index in [1.165, 1.54) is 18.3 Å². The van der Waals surface area contributed by atoms with Crippen LogP contribution in [0.2, 0.25) is 0 Å². The number of piperidine rings is 1. The van der Waals surface area contributed by atoms with E-state index in [0.717, 1.165) is 56.0 Å². The third-order valence-corrected chi connectivity index (χ3v) is 9.70. The number of anilines is 1. The van der Waals surface area contributed by atoms with Crippen LogP contribution in [0.15, 0.2) is 72.9 Å². The molecule has 11 nitrogen and oxygen atoms in total. The lowest BCUT2D eigenvalue weighted by Gasteiger charge is -2.32. The Labute approximate surface area is 291 Å². The second-order valence-corrected chi connectivity index (χ2v) is 13.0. The van der Waals surface area contributed by atoms with E-state index in [-0.39, 0.29) is 30.1 Å². The Kier molecular flexibility index (Phi) is 8.85. The van der Waals surface area contributed by atoms with Gasteiger partial charge in [0, 0.05) is 46.5 Å². The van der Waals surface area contributed by atoms with Crippen LogP contribution in [0.4, 0.5) is 14.5 Å². The van der Waals surface area contributed by atoms with Crippen molar-refractivity contribution in [1.29, 1.82) is 5.26 Å². The van der Waals surface area contributed by atoms with E-state index in [9.17, 15) is 13.6 Å². The molecule has 0 bridgehead atoms. The monoisotopic (exact) mass is 688 g/mol. The Bertz CT molecular complexity index is 2280. The molecule has 2 fully saturated rings. The normalized spacial score (nSPS) is 16.6. The number of benzene rings is 3. The summed E-state index contributed by atoms with van der Waals surface area (Å²) in [6, 6.07) is 20.4. The van der Waals surface area contributed by atoms with Crippen molar-refractivity contribution in [2.75, 3.05) is 25.0 Å². The van der Waals surface area contributed by atoms with Crippen LogP contribution in [-0.4, -0.2) is 61.3 Å². The third kappa shape index (κ3) is 6.88. The molecule has 2 N–H and O–H groups in total. The molecule has 51 heavy (non-hydrogen) atoms. The molecule has 0 radical (unpaired) electrons. The number of pyridine rings is 1. The number of ether oxygens (including phenoxy) is 2. The smallest absolute Gasteiger partial charge is 0.255 e. The Morgan fingerprint density at radius 3 is 2.69 bits per heavy atom. The SMILES string of the molecule is N#Cc1ccc(COc2cccc(C3CCN(Cc4nc5cc(C(=O)Nc6cc(F)c7[nH]ncc7c6)ccc5n4C[C@@H]4CCO4)CC3)n2)c(F)c1. The molecule has 1 amide bonds. The van der Waals surface area contributed by atoms with Crippen molar-refractivity contribution in [3.8, 4) is 11.9 Å². The fraction of sp³-hybridized carbons (Fsp3) is 0.289. The molecule has 1 atom stereocenters. The molecular weight excluding hydrogens is 654 g/mol. The van der Waals surface area contributed by atoms with Gasteiger partial charge in [0.25, 0.3) is 5.91 Å². The highest BCUT2D eigenvalue weighted by atomic mass is 19.1. The molecule has 2 saturated heterocycles. The van der Waals surface area contributed by atoms with Gasteiger partial charge in [0.15, 0.2) is 5.82 Å². The van der Waals surface area contributed by atoms with Crippen molar-refractivity contribution in [3.63, 3.8) is 0 Å². The lowest BCUT2D eigenvalue weighted by atomic mass is 9.93. The van der Waals surface area contributed by atoms with Crippen molar-refractivity contribution < 1.29 is 23.0 Å². The maximum absolute atomic E-state index is 14.5. The van der Waals surface area contributed by atoms with Gasteiger partial charge >= 0.3 is 0 Å². The molecular formula is C38H34F2N8O3. The van der Waals surface area contributed by atoms with Gasteiger partial charge in [0.05, 0.1) is 48.1 Å². The maximum Gasteiger partial charge on any atom is 0.255 e. The van der Waals surface area contributed by atoms with Crippen LogP contribution in [0.5, 0.6) is 5.88 Å². The lowest BCUT2D eigenvalue weighted by molar-refractivity contribution is -0.0592. The number of nitriles is 1. The number of imidazole rings is 1. The zero-order chi connectivity index (χ0) is 34.9. The molecule has 2 aliphatic rings. The number of aromatic nitrogens is 5. The first kappa shape index (κ1) is 32.5. The summed E-state index contributed by atoms with van der Waals surface area (Å²) >= 11 is 0. The van der Waals surface area contributed by atoms with Gasteiger partial charge in [-0.3, -0.25) is 14.8 Å². The van der Waals surface area contributed by atoms with E-state index in [1.54, 1.807) is 36.4 Å². The predicted molar refractivity (Wildman–Crippen MR) is 185 cm³/mol. The van der Waals surface area contributed by atoms with Gasteiger partial charge < -0.3 is 19.4 Å². The van der Waals surface area contributed by atoms with E-state index < -0.39 is 11.6 Å². The molecule has 8 rings (SSSR count). The second kappa shape index (κ2) is 13.9. The molecule has 6 aromatic rings. The molecule has 0 aliphatic carbocycles. The zero-order valence-corrected chi connectivity index (χ0v) is 27.6. The molecule has 0 saturated carbocycles. The summed E-state index contributed by atoms with van der Waals surface area (Å²) in [5.41, 5.74) is 4.28. The van der Waals surface area contributed by atoms with Crippen molar-refractivity contribution >= 4 is 33.5 Å². The predicted octanol–water partition coefficient (Wildman–Crippen LogP) is 6.46. The first-order valence-corrected chi connectivity index (χ1v) is 17.0. The number of rotatable bonds is 10. The maximum atomic E-state index is 14.5. The van der Waals surface area contributed by atoms with E-state index in [4.69, 9.17) is 24.7 Å². The van der Waals surface area contributed by atoms with Crippen molar-refractivity contribution in [2.24, 2.45) is 0 Å². The first-order valence-electron chi connectivity index (χ1n) is 17.0. The molecule has 5 heterocycles. The highest BCUT2D eigenvalue weighted by molar-refractivity contribution is 6.06. The quantitative estimate of drug-likeness (QED) is 0.168. The number of nitrogens with zero attached hydrogens (tertiary/aromatic N) is 6. The van der Waals surface area contributed by atoms with Crippen molar-refractivity contribution in [1.82, 2.24) is 29.6 Å². The Morgan fingerprint density at radius 2 is 1.90 bits per heavy atom. The highest BCUT2D eigenvalue weighted by Crippen LogP contribution is 2.30. The molecule has 0 spiro atoms. The average Bonchev–Trinajstić information content (AvgIpc) is 3.74. The Morgan fingerprint density at radius 1 is 1.04 bits per heavy atom. The van der Waals surface area contributed by atoms with Crippen molar-refractivity contribution in [2.45, 2.75) is 51.0 Å². The van der Waals surface area contributed by atoms with E-state index >= 15 is 0 Å². The molecule has 3 aromatic heterocycles. The van der Waals surface area contributed by atoms with E-state index in [2.05, 4.69) is 25.0 Å². The number of carbonyl (C=O) groups excluding carboxylic acids is 1. The summed E-state index contributed by atoms with van der Waals surface area (Å²) in [7, 11) is 0. The van der Waals surface area contributed by atoms with Gasteiger partial charge in [-0.05, 0) is 80.9 Å². The minimum Gasteiger partial charge on any atom is -0.473 e. The summed E-state index contributed by atoms with van der Waals surface area (Å²) in [6.07, 6.45) is 4.43. The van der Waals surface area contributed by atoms with Crippen LogP contribution < -0.4 is 10.1 Å². The van der Waals surface area contributed by atoms with Gasteiger partial charge in [0.2, 0.25) is 5.88 Å². The van der Waals surface area contributed by atoms with Crippen LogP contribution >= 0.6 is 0 Å². The van der Waals surface area contributed by atoms with E-state index in [1.807, 2.05) is 24.3 Å². The number of hydrogen-bond donors (Lipinski definition) is 2. The molecule has 13 heteroatoms. The number of hydrogen-bond acceptors (Lipinski definition) is 8. The number of nitrogens with one attached hydrogen (secondary N) is 2. The number of aromatic amines is 1. The number of H-pyrrole nitrogens is 1. The van der Waals surface area contributed by atoms with Gasteiger partial charge in [0.1, 0.15) is 23.8 Å². The minimum atomic E-state index is -0.492. The molecule has 258 valence electrons. The van der Waals surface area contributed by atoms with Gasteiger partial charge in [-0.2, -0.15) is 10.4 Å². The van der Waals surface area contributed by atoms with Crippen LogP contribution in [0.3, 0.4) is 0 Å². The van der Waals surface area contributed by atoms with Crippen molar-refractivity contribution in [3.05, 3.63) is 113 Å². The summed E-state index contributed by atoms with van der Waals surface area (Å²) in [5, 5.41) is 18.9. The number of carbonyl (C=O) groups is 1. The topological polar surface area (TPSA) is 134 Å². The van der Waals surface area contributed by atoms with Crippen LogP contribution in [0.1, 0.15) is 58.2 Å². The Hall–Kier alpha value is -5.71. The standard InChI is InChI=1S/C38H34F2N8O3/c39-30-14-23(18-41)4-5-26(30)22-51-36-3-1-2-32(45-36)24-8-11-47(12-9-24)21-35-44-33-16-25(6-7-34(33)48(35)20-29-10-13-50-29)38(49)43-28-15-27-19-42-46-37(27)31(40)17-28/h1-7,14-17,19,24,29H,8-13,20-22H2,(H,42,46)(H,43,49)/t29-/m0/s1. The third-order valence-electron chi connectivity index (χ3n) is 9.70. The number of amides is 1. The lowest BCUT2D eigenvalue weighted by Crippen LogP contribution is -2.35. The van der Waals surface area contributed by atoms with Gasteiger partial charge in [-0.25, -0.2) is 18.7 Å². The summed E-state index contributed by atoms with van der Waals surface area (Å²) in [6.45, 7) is 3.80. The number of likely N-dealkylation sites (tertiary alicyclic amines) is 1. The Balaban J connectivity index is 0.936. The zero-order valence-electron chi connectivity index (χ0n) is 27.6. The summed E-state index contributed by atoms with van der Waals surface area (Å²) < 4.78 is 42.6. The summed E-state index contributed by atoms with van der Waals surface area (Å²) in [5.74, 6) is 0.271. The number of halogens is 2. The number of fused-ring (bicyclic) bond motifs is 2. The molecule has 3 aromatic carbocycles. The first-order chi connectivity index (χ1) is 24.9. The van der Waals surface area contributed by atoms with Gasteiger partial charge in [-0.15, -0.1) is 0 Å². The molecule has 2 aliphatic heterocycles. The average molecular weight is 689 g/mol. The largest absolute Gasteiger partial charge is 0.473 e. The fourth-order valence-electron chi connectivity index (χ4n) is 6.78. The highest BCUT2D eigenvalue weighted by Gasteiger charge is 2.26. The molecule has 0 unspecified atom stereocenters. The minimum absolute atomic E-state index is 0.0216. The van der Waals surface area contributed by atoms with Crippen LogP contribution in [0, 0.1) is 23.0 Å².